The molecule has 82 valence electrons. The molecule has 2 nitrogen and oxygen atoms in total. The fraction of sp³-hybridized carbons (Fsp3) is 0.750. The van der Waals surface area contributed by atoms with E-state index in [0.29, 0.717) is 6.04 Å². The maximum atomic E-state index is 4.76. The Kier molecular flexibility index (Phi) is 2.53. The summed E-state index contributed by atoms with van der Waals surface area (Å²) in [4.78, 5) is 6.26. The Morgan fingerprint density at radius 3 is 2.73 bits per heavy atom. The van der Waals surface area contributed by atoms with Crippen LogP contribution in [-0.2, 0) is 0 Å². The van der Waals surface area contributed by atoms with Crippen molar-refractivity contribution in [2.24, 2.45) is 0 Å². The van der Waals surface area contributed by atoms with Crippen LogP contribution in [-0.4, -0.2) is 11.5 Å². The van der Waals surface area contributed by atoms with E-state index in [9.17, 15) is 0 Å². The molecule has 1 aliphatic carbocycles. The SMILES string of the molecule is Cc1nc(C2CCC2)sc1C1CCCN1. The maximum Gasteiger partial charge on any atom is 0.0962 e. The molecule has 3 heteroatoms. The third-order valence-corrected chi connectivity index (χ3v) is 5.11. The van der Waals surface area contributed by atoms with Gasteiger partial charge in [0.15, 0.2) is 0 Å². The van der Waals surface area contributed by atoms with Crippen molar-refractivity contribution in [3.63, 3.8) is 0 Å². The topological polar surface area (TPSA) is 24.9 Å². The molecule has 2 aliphatic rings. The van der Waals surface area contributed by atoms with Crippen molar-refractivity contribution in [2.45, 2.75) is 51.0 Å². The van der Waals surface area contributed by atoms with Gasteiger partial charge < -0.3 is 5.32 Å². The summed E-state index contributed by atoms with van der Waals surface area (Å²) in [5.41, 5.74) is 1.28. The normalized spacial score (nSPS) is 26.9. The van der Waals surface area contributed by atoms with E-state index in [-0.39, 0.29) is 0 Å². The summed E-state index contributed by atoms with van der Waals surface area (Å²) in [6, 6.07) is 0.608. The van der Waals surface area contributed by atoms with Gasteiger partial charge in [0, 0.05) is 16.8 Å². The zero-order chi connectivity index (χ0) is 10.3. The lowest BCUT2D eigenvalue weighted by atomic mass is 9.86. The van der Waals surface area contributed by atoms with Gasteiger partial charge >= 0.3 is 0 Å². The second-order valence-corrected chi connectivity index (χ2v) is 5.84. The van der Waals surface area contributed by atoms with Crippen LogP contribution in [0.25, 0.3) is 0 Å². The van der Waals surface area contributed by atoms with Crippen LogP contribution in [0.5, 0.6) is 0 Å². The largest absolute Gasteiger partial charge is 0.309 e. The van der Waals surface area contributed by atoms with Gasteiger partial charge in [-0.3, -0.25) is 0 Å². The second-order valence-electron chi connectivity index (χ2n) is 4.78. The minimum Gasteiger partial charge on any atom is -0.309 e. The fourth-order valence-corrected chi connectivity index (χ4v) is 3.84. The molecule has 0 aromatic carbocycles. The van der Waals surface area contributed by atoms with E-state index < -0.39 is 0 Å². The predicted molar refractivity (Wildman–Crippen MR) is 63.4 cm³/mol. The number of aryl methyl sites for hydroxylation is 1. The summed E-state index contributed by atoms with van der Waals surface area (Å²) < 4.78 is 0. The molecule has 0 bridgehead atoms. The van der Waals surface area contributed by atoms with Gasteiger partial charge in [-0.2, -0.15) is 0 Å². The average molecular weight is 222 g/mol. The van der Waals surface area contributed by atoms with Crippen LogP contribution in [0, 0.1) is 6.92 Å². The highest BCUT2D eigenvalue weighted by Crippen LogP contribution is 2.41. The van der Waals surface area contributed by atoms with Crippen LogP contribution >= 0.6 is 11.3 Å². The highest BCUT2D eigenvalue weighted by atomic mass is 32.1. The van der Waals surface area contributed by atoms with E-state index in [1.807, 2.05) is 11.3 Å². The van der Waals surface area contributed by atoms with E-state index in [0.717, 1.165) is 5.92 Å². The second kappa shape index (κ2) is 3.87. The Hall–Kier alpha value is -0.410. The number of hydrogen-bond acceptors (Lipinski definition) is 3. The molecule has 1 aliphatic heterocycles. The van der Waals surface area contributed by atoms with Crippen LogP contribution in [0.15, 0.2) is 0 Å². The van der Waals surface area contributed by atoms with Crippen molar-refractivity contribution in [3.05, 3.63) is 15.6 Å². The molecular weight excluding hydrogens is 204 g/mol. The predicted octanol–water partition coefficient (Wildman–Crippen LogP) is 3.14. The highest BCUT2D eigenvalue weighted by Gasteiger charge is 2.27. The van der Waals surface area contributed by atoms with E-state index in [1.54, 1.807) is 0 Å². The summed E-state index contributed by atoms with van der Waals surface area (Å²) in [7, 11) is 0. The maximum absolute atomic E-state index is 4.76. The standard InChI is InChI=1S/C12H18N2S/c1-8-11(10-6-3-7-13-10)15-12(14-8)9-4-2-5-9/h9-10,13H,2-7H2,1H3. The van der Waals surface area contributed by atoms with Crippen LogP contribution in [0.3, 0.4) is 0 Å². The first-order chi connectivity index (χ1) is 7.34. The van der Waals surface area contributed by atoms with Gasteiger partial charge in [-0.25, -0.2) is 4.98 Å². The summed E-state index contributed by atoms with van der Waals surface area (Å²) in [5.74, 6) is 0.795. The molecule has 1 aromatic heterocycles. The molecule has 0 amide bonds. The lowest BCUT2D eigenvalue weighted by Gasteiger charge is -2.22. The summed E-state index contributed by atoms with van der Waals surface area (Å²) in [6.07, 6.45) is 6.75. The first kappa shape index (κ1) is 9.79. The van der Waals surface area contributed by atoms with Crippen LogP contribution in [0.2, 0.25) is 0 Å². The molecule has 1 unspecified atom stereocenters. The Morgan fingerprint density at radius 1 is 1.27 bits per heavy atom. The minimum atomic E-state index is 0.608. The van der Waals surface area contributed by atoms with E-state index in [1.165, 1.54) is 54.2 Å². The van der Waals surface area contributed by atoms with Gasteiger partial charge in [-0.15, -0.1) is 11.3 Å². The highest BCUT2D eigenvalue weighted by molar-refractivity contribution is 7.12. The Labute approximate surface area is 95.1 Å². The van der Waals surface area contributed by atoms with E-state index in [4.69, 9.17) is 4.98 Å². The Morgan fingerprint density at radius 2 is 2.13 bits per heavy atom. The van der Waals surface area contributed by atoms with Gasteiger partial charge in [0.2, 0.25) is 0 Å². The lowest BCUT2D eigenvalue weighted by Crippen LogP contribution is -2.12. The van der Waals surface area contributed by atoms with Crippen molar-refractivity contribution >= 4 is 11.3 Å². The number of aromatic nitrogens is 1. The van der Waals surface area contributed by atoms with Gasteiger partial charge in [-0.1, -0.05) is 6.42 Å². The lowest BCUT2D eigenvalue weighted by molar-refractivity contribution is 0.418. The molecule has 2 heterocycles. The van der Waals surface area contributed by atoms with Gasteiger partial charge in [0.25, 0.3) is 0 Å². The molecule has 1 saturated heterocycles. The fourth-order valence-electron chi connectivity index (χ4n) is 2.49. The molecule has 15 heavy (non-hydrogen) atoms. The van der Waals surface area contributed by atoms with Gasteiger partial charge in [0.1, 0.15) is 0 Å². The van der Waals surface area contributed by atoms with Gasteiger partial charge in [0.05, 0.1) is 10.7 Å². The van der Waals surface area contributed by atoms with Crippen LogP contribution in [0.1, 0.15) is 59.6 Å². The van der Waals surface area contributed by atoms with Gasteiger partial charge in [-0.05, 0) is 39.2 Å². The third kappa shape index (κ3) is 1.72. The molecule has 0 radical (unpaired) electrons. The zero-order valence-electron chi connectivity index (χ0n) is 9.25. The first-order valence-electron chi connectivity index (χ1n) is 6.05. The molecule has 2 fully saturated rings. The van der Waals surface area contributed by atoms with Crippen molar-refractivity contribution in [1.29, 1.82) is 0 Å². The van der Waals surface area contributed by atoms with E-state index in [2.05, 4.69) is 12.2 Å². The third-order valence-electron chi connectivity index (χ3n) is 3.68. The summed E-state index contributed by atoms with van der Waals surface area (Å²) in [6.45, 7) is 3.36. The molecule has 1 N–H and O–H groups in total. The van der Waals surface area contributed by atoms with Crippen LogP contribution < -0.4 is 5.32 Å². The Bertz CT molecular complexity index is 349. The minimum absolute atomic E-state index is 0.608. The van der Waals surface area contributed by atoms with Crippen molar-refractivity contribution < 1.29 is 0 Å². The summed E-state index contributed by atoms with van der Waals surface area (Å²) >= 11 is 1.97. The van der Waals surface area contributed by atoms with E-state index >= 15 is 0 Å². The molecule has 3 rings (SSSR count). The Balaban J connectivity index is 1.84. The molecule has 1 aromatic rings. The molecule has 1 saturated carbocycles. The molecular formula is C12H18N2S. The number of nitrogens with zero attached hydrogens (tertiary/aromatic N) is 1. The van der Waals surface area contributed by atoms with Crippen molar-refractivity contribution in [3.8, 4) is 0 Å². The summed E-state index contributed by atoms with van der Waals surface area (Å²) in [5, 5.41) is 4.98. The number of hydrogen-bond donors (Lipinski definition) is 1. The molecule has 0 spiro atoms. The van der Waals surface area contributed by atoms with Crippen molar-refractivity contribution in [2.75, 3.05) is 6.54 Å². The first-order valence-corrected chi connectivity index (χ1v) is 6.87. The molecule has 1 atom stereocenters. The van der Waals surface area contributed by atoms with Crippen molar-refractivity contribution in [1.82, 2.24) is 10.3 Å². The average Bonchev–Trinajstić information content (AvgIpc) is 2.70. The number of thiazole rings is 1. The monoisotopic (exact) mass is 222 g/mol. The number of nitrogens with one attached hydrogen (secondary N) is 1. The zero-order valence-corrected chi connectivity index (χ0v) is 10.1. The smallest absolute Gasteiger partial charge is 0.0962 e. The number of rotatable bonds is 2. The quantitative estimate of drug-likeness (QED) is 0.831. The van der Waals surface area contributed by atoms with Crippen LogP contribution in [0.4, 0.5) is 0 Å².